The summed E-state index contributed by atoms with van der Waals surface area (Å²) in [5.41, 5.74) is 0. The number of ether oxygens (including phenoxy) is 1. The molecule has 0 aromatic rings. The van der Waals surface area contributed by atoms with Gasteiger partial charge in [-0.15, -0.1) is 0 Å². The Morgan fingerprint density at radius 2 is 1.89 bits per heavy atom. The van der Waals surface area contributed by atoms with Crippen LogP contribution in [0.5, 0.6) is 0 Å². The summed E-state index contributed by atoms with van der Waals surface area (Å²) in [5.74, 6) is 0.691. The normalized spacial score (nSPS) is 22.3. The Morgan fingerprint density at radius 3 is 2.44 bits per heavy atom. The largest absolute Gasteiger partial charge is 0.365 e. The highest BCUT2D eigenvalue weighted by atomic mass is 16.5. The lowest BCUT2D eigenvalue weighted by molar-refractivity contribution is 0.161. The first kappa shape index (κ1) is 7.07. The molecule has 9 heavy (non-hydrogen) atoms. The molecule has 0 spiro atoms. The van der Waals surface area contributed by atoms with E-state index in [1.807, 2.05) is 0 Å². The molecule has 51 valence electrons. The summed E-state index contributed by atoms with van der Waals surface area (Å²) in [5, 5.41) is 0. The van der Waals surface area contributed by atoms with Gasteiger partial charge < -0.3 is 4.74 Å². The van der Waals surface area contributed by atoms with E-state index in [1.54, 1.807) is 0 Å². The van der Waals surface area contributed by atoms with E-state index >= 15 is 0 Å². The van der Waals surface area contributed by atoms with Gasteiger partial charge in [0.2, 0.25) is 0 Å². The summed E-state index contributed by atoms with van der Waals surface area (Å²) in [4.78, 5) is 0. The Kier molecular flexibility index (Phi) is 3.05. The average molecular weight is 125 g/mol. The number of hydrogen-bond donors (Lipinski definition) is 0. The van der Waals surface area contributed by atoms with E-state index < -0.39 is 0 Å². The second-order valence-corrected chi connectivity index (χ2v) is 2.82. The fourth-order valence-corrected chi connectivity index (χ4v) is 1.47. The zero-order chi connectivity index (χ0) is 6.53. The van der Waals surface area contributed by atoms with Crippen LogP contribution in [0.1, 0.15) is 32.1 Å². The standard InChI is InChI=1S/C8H13O/c1-9-7-8-5-3-2-4-6-8/h8H,2-7H2. The molecule has 1 aliphatic rings. The van der Waals surface area contributed by atoms with Crippen molar-refractivity contribution in [2.45, 2.75) is 32.1 Å². The first-order chi connectivity index (χ1) is 4.43. The van der Waals surface area contributed by atoms with E-state index in [-0.39, 0.29) is 0 Å². The maximum Gasteiger partial charge on any atom is 0.173 e. The molecule has 1 fully saturated rings. The lowest BCUT2D eigenvalue weighted by Gasteiger charge is -2.19. The average Bonchev–Trinajstić information content (AvgIpc) is 1.91. The van der Waals surface area contributed by atoms with E-state index in [2.05, 4.69) is 4.74 Å². The van der Waals surface area contributed by atoms with E-state index in [4.69, 9.17) is 7.11 Å². The smallest absolute Gasteiger partial charge is 0.173 e. The molecule has 1 nitrogen and oxygen atoms in total. The molecule has 1 aliphatic carbocycles. The van der Waals surface area contributed by atoms with Gasteiger partial charge in [-0.05, 0) is 18.8 Å². The van der Waals surface area contributed by atoms with Gasteiger partial charge in [0.25, 0.3) is 0 Å². The first-order valence-electron chi connectivity index (χ1n) is 3.72. The van der Waals surface area contributed by atoms with Crippen LogP contribution in [-0.2, 0) is 4.74 Å². The van der Waals surface area contributed by atoms with Crippen LogP contribution in [0.4, 0.5) is 0 Å². The van der Waals surface area contributed by atoms with Crippen LogP contribution in [0.2, 0.25) is 0 Å². The van der Waals surface area contributed by atoms with Crippen LogP contribution < -0.4 is 0 Å². The Morgan fingerprint density at radius 1 is 1.22 bits per heavy atom. The lowest BCUT2D eigenvalue weighted by atomic mass is 9.90. The van der Waals surface area contributed by atoms with Gasteiger partial charge in [-0.25, -0.2) is 0 Å². The molecular formula is C8H13O. The maximum atomic E-state index is 6.54. The van der Waals surface area contributed by atoms with Crippen LogP contribution in [-0.4, -0.2) is 6.61 Å². The molecule has 0 aliphatic heterocycles. The SMILES string of the molecule is [C]OCC1CCCCC1. The van der Waals surface area contributed by atoms with Crippen LogP contribution in [0, 0.1) is 13.0 Å². The minimum atomic E-state index is 0.653. The Balaban J connectivity index is 2.08. The van der Waals surface area contributed by atoms with Crippen molar-refractivity contribution in [2.24, 2.45) is 5.92 Å². The van der Waals surface area contributed by atoms with Crippen molar-refractivity contribution >= 4 is 0 Å². The number of rotatable bonds is 2. The van der Waals surface area contributed by atoms with Crippen LogP contribution in [0.15, 0.2) is 0 Å². The summed E-state index contributed by atoms with van der Waals surface area (Å²) >= 11 is 0. The zero-order valence-corrected chi connectivity index (χ0v) is 5.73. The molecule has 1 rings (SSSR count). The Hall–Kier alpha value is -0.0400. The van der Waals surface area contributed by atoms with Crippen molar-refractivity contribution in [3.05, 3.63) is 7.11 Å². The maximum absolute atomic E-state index is 6.54. The third-order valence-corrected chi connectivity index (χ3v) is 2.04. The highest BCUT2D eigenvalue weighted by Crippen LogP contribution is 2.23. The minimum Gasteiger partial charge on any atom is -0.365 e. The van der Waals surface area contributed by atoms with E-state index in [1.165, 1.54) is 32.1 Å². The highest BCUT2D eigenvalue weighted by Gasteiger charge is 2.11. The Bertz CT molecular complexity index is 62.2. The summed E-state index contributed by atoms with van der Waals surface area (Å²) in [7, 11) is 6.54. The molecule has 0 aromatic heterocycles. The second kappa shape index (κ2) is 3.89. The molecule has 0 amide bonds. The second-order valence-electron chi connectivity index (χ2n) is 2.82. The summed E-state index contributed by atoms with van der Waals surface area (Å²) in [6, 6.07) is 0. The van der Waals surface area contributed by atoms with E-state index in [9.17, 15) is 0 Å². The molecule has 0 bridgehead atoms. The van der Waals surface area contributed by atoms with Crippen LogP contribution in [0.25, 0.3) is 0 Å². The number of hydrogen-bond acceptors (Lipinski definition) is 1. The van der Waals surface area contributed by atoms with Crippen molar-refractivity contribution in [2.75, 3.05) is 6.61 Å². The van der Waals surface area contributed by atoms with Crippen LogP contribution in [0.3, 0.4) is 0 Å². The molecule has 0 N–H and O–H groups in total. The molecule has 0 atom stereocenters. The monoisotopic (exact) mass is 125 g/mol. The summed E-state index contributed by atoms with van der Waals surface area (Å²) in [6.45, 7) is 0.653. The fraction of sp³-hybridized carbons (Fsp3) is 0.875. The molecule has 0 saturated heterocycles. The Labute approximate surface area is 57.4 Å². The predicted octanol–water partition coefficient (Wildman–Crippen LogP) is 2.13. The third-order valence-electron chi connectivity index (χ3n) is 2.04. The van der Waals surface area contributed by atoms with Gasteiger partial charge in [0.15, 0.2) is 7.11 Å². The van der Waals surface area contributed by atoms with Gasteiger partial charge in [-0.2, -0.15) is 0 Å². The topological polar surface area (TPSA) is 9.23 Å². The molecule has 0 heterocycles. The summed E-state index contributed by atoms with van der Waals surface area (Å²) in [6.07, 6.45) is 6.62. The first-order valence-corrected chi connectivity index (χ1v) is 3.72. The third kappa shape index (κ3) is 2.35. The zero-order valence-electron chi connectivity index (χ0n) is 5.73. The molecular weight excluding hydrogens is 112 g/mol. The summed E-state index contributed by atoms with van der Waals surface area (Å²) < 4.78 is 4.33. The van der Waals surface area contributed by atoms with Crippen LogP contribution >= 0.6 is 0 Å². The van der Waals surface area contributed by atoms with Gasteiger partial charge in [0.05, 0.1) is 6.61 Å². The van der Waals surface area contributed by atoms with Crippen molar-refractivity contribution in [3.63, 3.8) is 0 Å². The molecule has 0 aromatic carbocycles. The van der Waals surface area contributed by atoms with Gasteiger partial charge in [-0.3, -0.25) is 0 Å². The molecule has 1 saturated carbocycles. The van der Waals surface area contributed by atoms with Crippen molar-refractivity contribution in [1.29, 1.82) is 0 Å². The van der Waals surface area contributed by atoms with E-state index in [0.29, 0.717) is 12.5 Å². The lowest BCUT2D eigenvalue weighted by Crippen LogP contribution is -2.11. The van der Waals surface area contributed by atoms with E-state index in [0.717, 1.165) is 0 Å². The van der Waals surface area contributed by atoms with Gasteiger partial charge >= 0.3 is 0 Å². The van der Waals surface area contributed by atoms with Crippen molar-refractivity contribution in [1.82, 2.24) is 0 Å². The van der Waals surface area contributed by atoms with Gasteiger partial charge in [-0.1, -0.05) is 19.3 Å². The van der Waals surface area contributed by atoms with Crippen molar-refractivity contribution < 1.29 is 4.74 Å². The minimum absolute atomic E-state index is 0.653. The molecule has 3 radical (unpaired) electrons. The molecule has 0 unspecified atom stereocenters. The van der Waals surface area contributed by atoms with Crippen molar-refractivity contribution in [3.8, 4) is 0 Å². The predicted molar refractivity (Wildman–Crippen MR) is 35.8 cm³/mol. The van der Waals surface area contributed by atoms with Gasteiger partial charge in [0, 0.05) is 0 Å². The fourth-order valence-electron chi connectivity index (χ4n) is 1.47. The van der Waals surface area contributed by atoms with Gasteiger partial charge in [0.1, 0.15) is 0 Å². The quantitative estimate of drug-likeness (QED) is 0.549. The highest BCUT2D eigenvalue weighted by molar-refractivity contribution is 4.64. The molecule has 1 heteroatoms.